The van der Waals surface area contributed by atoms with Gasteiger partial charge in [0.05, 0.1) is 18.9 Å². The Bertz CT molecular complexity index is 910. The summed E-state index contributed by atoms with van der Waals surface area (Å²) < 4.78 is 61.8. The highest BCUT2D eigenvalue weighted by molar-refractivity contribution is 5.83. The standard InChI is InChI=1S/C20H24F4N4O2/c1-19(2,20(3,23)24)18(29)27-9-5-6-14(11-27)30-12-13-10-28(26-25-13)16-8-4-7-15(21)17(16)22/h4,7-8,10,14H,5-6,9,11-12H2,1-3H3. The van der Waals surface area contributed by atoms with E-state index in [2.05, 4.69) is 10.3 Å². The zero-order chi connectivity index (χ0) is 22.1. The number of halogens is 4. The summed E-state index contributed by atoms with van der Waals surface area (Å²) in [6.07, 6.45) is 2.37. The molecule has 1 aliphatic heterocycles. The van der Waals surface area contributed by atoms with E-state index in [9.17, 15) is 22.4 Å². The van der Waals surface area contributed by atoms with Crippen LogP contribution in [0.1, 0.15) is 39.3 Å². The lowest BCUT2D eigenvalue weighted by Gasteiger charge is -2.39. The van der Waals surface area contributed by atoms with Gasteiger partial charge in [-0.2, -0.15) is 0 Å². The first kappa shape index (κ1) is 22.2. The molecular formula is C20H24F4N4O2. The fourth-order valence-corrected chi connectivity index (χ4v) is 3.20. The third kappa shape index (κ3) is 4.48. The molecular weight excluding hydrogens is 404 g/mol. The van der Waals surface area contributed by atoms with Crippen LogP contribution in [-0.4, -0.2) is 50.9 Å². The summed E-state index contributed by atoms with van der Waals surface area (Å²) in [4.78, 5) is 14.0. The molecule has 6 nitrogen and oxygen atoms in total. The molecule has 10 heteroatoms. The second kappa shape index (κ2) is 8.33. The van der Waals surface area contributed by atoms with Gasteiger partial charge in [-0.15, -0.1) is 5.10 Å². The van der Waals surface area contributed by atoms with Gasteiger partial charge in [-0.3, -0.25) is 4.79 Å². The number of alkyl halides is 2. The molecule has 0 radical (unpaired) electrons. The first-order valence-corrected chi connectivity index (χ1v) is 9.65. The predicted octanol–water partition coefficient (Wildman–Crippen LogP) is 3.73. The van der Waals surface area contributed by atoms with Crippen molar-refractivity contribution >= 4 is 5.91 Å². The van der Waals surface area contributed by atoms with E-state index in [1.807, 2.05) is 0 Å². The molecule has 0 bridgehead atoms. The molecule has 1 atom stereocenters. The lowest BCUT2D eigenvalue weighted by atomic mass is 9.84. The first-order valence-electron chi connectivity index (χ1n) is 9.65. The summed E-state index contributed by atoms with van der Waals surface area (Å²) in [6.45, 7) is 3.86. The molecule has 0 N–H and O–H groups in total. The molecule has 1 aliphatic rings. The molecule has 1 aromatic heterocycles. The summed E-state index contributed by atoms with van der Waals surface area (Å²) in [6, 6.07) is 3.74. The zero-order valence-electron chi connectivity index (χ0n) is 17.0. The van der Waals surface area contributed by atoms with Crippen molar-refractivity contribution in [2.75, 3.05) is 13.1 Å². The molecule has 3 rings (SSSR count). The van der Waals surface area contributed by atoms with E-state index in [0.717, 1.165) is 17.7 Å². The third-order valence-electron chi connectivity index (χ3n) is 5.48. The molecule has 0 aliphatic carbocycles. The number of hydrogen-bond acceptors (Lipinski definition) is 4. The third-order valence-corrected chi connectivity index (χ3v) is 5.48. The largest absolute Gasteiger partial charge is 0.370 e. The molecule has 1 unspecified atom stereocenters. The Kier molecular flexibility index (Phi) is 6.16. The van der Waals surface area contributed by atoms with Gasteiger partial charge in [0.25, 0.3) is 5.92 Å². The normalized spacial score (nSPS) is 18.0. The fraction of sp³-hybridized carbons (Fsp3) is 0.550. The molecule has 164 valence electrons. The van der Waals surface area contributed by atoms with Crippen molar-refractivity contribution in [2.45, 2.75) is 52.2 Å². The van der Waals surface area contributed by atoms with Gasteiger partial charge in [0.2, 0.25) is 5.91 Å². The van der Waals surface area contributed by atoms with Crippen molar-refractivity contribution in [1.82, 2.24) is 19.9 Å². The van der Waals surface area contributed by atoms with E-state index in [0.29, 0.717) is 25.1 Å². The summed E-state index contributed by atoms with van der Waals surface area (Å²) in [5.41, 5.74) is -1.50. The summed E-state index contributed by atoms with van der Waals surface area (Å²) in [7, 11) is 0. The highest BCUT2D eigenvalue weighted by Gasteiger charge is 2.50. The number of aromatic nitrogens is 3. The van der Waals surface area contributed by atoms with E-state index in [1.54, 1.807) is 0 Å². The number of ether oxygens (including phenoxy) is 1. The van der Waals surface area contributed by atoms with Crippen LogP contribution in [0.5, 0.6) is 0 Å². The van der Waals surface area contributed by atoms with Gasteiger partial charge in [0.15, 0.2) is 11.6 Å². The lowest BCUT2D eigenvalue weighted by molar-refractivity contribution is -0.166. The average Bonchev–Trinajstić information content (AvgIpc) is 3.16. The minimum absolute atomic E-state index is 0.0387. The molecule has 1 amide bonds. The van der Waals surface area contributed by atoms with Crippen molar-refractivity contribution in [3.05, 3.63) is 41.7 Å². The van der Waals surface area contributed by atoms with Crippen LogP contribution in [0.2, 0.25) is 0 Å². The lowest BCUT2D eigenvalue weighted by Crippen LogP contribution is -2.53. The van der Waals surface area contributed by atoms with Crippen LogP contribution in [0, 0.1) is 17.0 Å². The van der Waals surface area contributed by atoms with Gasteiger partial charge < -0.3 is 9.64 Å². The van der Waals surface area contributed by atoms with Crippen molar-refractivity contribution in [3.63, 3.8) is 0 Å². The molecule has 0 spiro atoms. The highest BCUT2D eigenvalue weighted by Crippen LogP contribution is 2.38. The average molecular weight is 428 g/mol. The van der Waals surface area contributed by atoms with Crippen LogP contribution in [0.25, 0.3) is 5.69 Å². The van der Waals surface area contributed by atoms with Crippen LogP contribution >= 0.6 is 0 Å². The van der Waals surface area contributed by atoms with Crippen molar-refractivity contribution < 1.29 is 27.1 Å². The highest BCUT2D eigenvalue weighted by atomic mass is 19.3. The number of benzene rings is 1. The Morgan fingerprint density at radius 1 is 1.27 bits per heavy atom. The van der Waals surface area contributed by atoms with E-state index >= 15 is 0 Å². The second-order valence-corrected chi connectivity index (χ2v) is 8.07. The van der Waals surface area contributed by atoms with Gasteiger partial charge in [0, 0.05) is 20.0 Å². The maximum atomic E-state index is 13.9. The monoisotopic (exact) mass is 428 g/mol. The van der Waals surface area contributed by atoms with Gasteiger partial charge in [-0.1, -0.05) is 11.3 Å². The van der Waals surface area contributed by atoms with Crippen LogP contribution in [0.4, 0.5) is 17.6 Å². The number of carbonyl (C=O) groups excluding carboxylic acids is 1. The zero-order valence-corrected chi connectivity index (χ0v) is 17.0. The predicted molar refractivity (Wildman–Crippen MR) is 100 cm³/mol. The van der Waals surface area contributed by atoms with Crippen LogP contribution in [0.15, 0.2) is 24.4 Å². The maximum absolute atomic E-state index is 13.9. The van der Waals surface area contributed by atoms with E-state index < -0.39 is 28.9 Å². The van der Waals surface area contributed by atoms with E-state index in [4.69, 9.17) is 4.74 Å². The fourth-order valence-electron chi connectivity index (χ4n) is 3.20. The minimum Gasteiger partial charge on any atom is -0.370 e. The molecule has 1 fully saturated rings. The summed E-state index contributed by atoms with van der Waals surface area (Å²) >= 11 is 0. The number of likely N-dealkylation sites (tertiary alicyclic amines) is 1. The Hall–Kier alpha value is -2.49. The Balaban J connectivity index is 1.61. The van der Waals surface area contributed by atoms with Gasteiger partial charge in [0.1, 0.15) is 16.8 Å². The second-order valence-electron chi connectivity index (χ2n) is 8.07. The quantitative estimate of drug-likeness (QED) is 0.658. The Morgan fingerprint density at radius 2 is 2.00 bits per heavy atom. The summed E-state index contributed by atoms with van der Waals surface area (Å²) in [5, 5.41) is 7.68. The van der Waals surface area contributed by atoms with Gasteiger partial charge in [-0.05, 0) is 38.8 Å². The molecule has 2 aromatic rings. The number of carbonyl (C=O) groups is 1. The number of nitrogens with zero attached hydrogens (tertiary/aromatic N) is 4. The Morgan fingerprint density at radius 3 is 2.70 bits per heavy atom. The minimum atomic E-state index is -3.15. The van der Waals surface area contributed by atoms with Crippen LogP contribution < -0.4 is 0 Å². The molecule has 2 heterocycles. The number of piperidine rings is 1. The van der Waals surface area contributed by atoms with Gasteiger partial charge >= 0.3 is 0 Å². The van der Waals surface area contributed by atoms with Crippen LogP contribution in [0.3, 0.4) is 0 Å². The molecule has 1 aromatic carbocycles. The topological polar surface area (TPSA) is 60.2 Å². The number of hydrogen-bond donors (Lipinski definition) is 0. The molecule has 30 heavy (non-hydrogen) atoms. The summed E-state index contributed by atoms with van der Waals surface area (Å²) in [5.74, 6) is -5.79. The van der Waals surface area contributed by atoms with Crippen LogP contribution in [-0.2, 0) is 16.1 Å². The maximum Gasteiger partial charge on any atom is 0.259 e. The van der Waals surface area contributed by atoms with Crippen molar-refractivity contribution in [3.8, 4) is 5.69 Å². The molecule has 1 saturated heterocycles. The van der Waals surface area contributed by atoms with E-state index in [1.165, 1.54) is 37.1 Å². The number of rotatable bonds is 6. The molecule has 0 saturated carbocycles. The van der Waals surface area contributed by atoms with Gasteiger partial charge in [-0.25, -0.2) is 22.2 Å². The SMILES string of the molecule is CC(F)(F)C(C)(C)C(=O)N1CCCC(OCc2cn(-c3cccc(F)c3F)nn2)C1. The van der Waals surface area contributed by atoms with Crippen molar-refractivity contribution in [2.24, 2.45) is 5.41 Å². The Labute approximate surface area is 171 Å². The number of amides is 1. The smallest absolute Gasteiger partial charge is 0.259 e. The first-order chi connectivity index (χ1) is 14.0. The van der Waals surface area contributed by atoms with E-state index in [-0.39, 0.29) is 24.9 Å². The van der Waals surface area contributed by atoms with Crippen molar-refractivity contribution in [1.29, 1.82) is 0 Å².